The summed E-state index contributed by atoms with van der Waals surface area (Å²) in [4.78, 5) is 12.2. The summed E-state index contributed by atoms with van der Waals surface area (Å²) >= 11 is 12.1. The van der Waals surface area contributed by atoms with Crippen LogP contribution in [0.1, 0.15) is 28.4 Å². The van der Waals surface area contributed by atoms with Gasteiger partial charge in [-0.1, -0.05) is 29.3 Å². The zero-order valence-electron chi connectivity index (χ0n) is 17.6. The molecule has 1 amide bonds. The van der Waals surface area contributed by atoms with Crippen molar-refractivity contribution < 1.29 is 19.0 Å². The van der Waals surface area contributed by atoms with Crippen LogP contribution < -0.4 is 19.6 Å². The maximum atomic E-state index is 12.2. The van der Waals surface area contributed by atoms with Crippen LogP contribution >= 0.6 is 23.2 Å². The third-order valence-corrected chi connectivity index (χ3v) is 4.98. The fraction of sp³-hybridized carbons (Fsp3) is 0.167. The number of hydrogen-bond donors (Lipinski definition) is 1. The van der Waals surface area contributed by atoms with E-state index in [1.54, 1.807) is 61.7 Å². The van der Waals surface area contributed by atoms with Gasteiger partial charge in [0.25, 0.3) is 5.91 Å². The van der Waals surface area contributed by atoms with E-state index in [0.29, 0.717) is 39.5 Å². The highest BCUT2D eigenvalue weighted by Gasteiger charge is 2.08. The summed E-state index contributed by atoms with van der Waals surface area (Å²) in [6.07, 6.45) is 1.52. The maximum Gasteiger partial charge on any atom is 0.271 e. The molecule has 3 aromatic carbocycles. The number of hydrazone groups is 1. The average molecular weight is 473 g/mol. The molecule has 0 fully saturated rings. The minimum atomic E-state index is -0.323. The van der Waals surface area contributed by atoms with Gasteiger partial charge in [-0.15, -0.1) is 0 Å². The van der Waals surface area contributed by atoms with Gasteiger partial charge in [0, 0.05) is 21.2 Å². The summed E-state index contributed by atoms with van der Waals surface area (Å²) < 4.78 is 16.6. The Labute approximate surface area is 196 Å². The van der Waals surface area contributed by atoms with Gasteiger partial charge in [-0.05, 0) is 67.1 Å². The molecule has 0 atom stereocenters. The number of amides is 1. The van der Waals surface area contributed by atoms with Gasteiger partial charge < -0.3 is 14.2 Å². The van der Waals surface area contributed by atoms with Gasteiger partial charge in [-0.25, -0.2) is 5.43 Å². The normalized spacial score (nSPS) is 10.8. The van der Waals surface area contributed by atoms with Gasteiger partial charge in [-0.3, -0.25) is 4.79 Å². The van der Waals surface area contributed by atoms with E-state index in [4.69, 9.17) is 37.4 Å². The van der Waals surface area contributed by atoms with Crippen molar-refractivity contribution in [1.82, 2.24) is 5.43 Å². The van der Waals surface area contributed by atoms with Gasteiger partial charge in [0.15, 0.2) is 11.5 Å². The molecule has 0 saturated carbocycles. The number of carbonyl (C=O) groups is 1. The third-order valence-electron chi connectivity index (χ3n) is 4.39. The molecule has 0 aromatic heterocycles. The molecule has 3 rings (SSSR count). The molecular formula is C24H22Cl2N2O4. The number of nitrogens with zero attached hydrogens (tertiary/aromatic N) is 1. The standard InChI is InChI=1S/C24H22Cl2N2O4/c1-3-31-20-9-6-17(7-10-20)24(29)28-27-14-16-4-11-22(23(12-16)30-2)32-15-18-5-8-19(25)13-21(18)26/h4-14H,3,15H2,1-2H3,(H,28,29)/b27-14-. The van der Waals surface area contributed by atoms with Crippen LogP contribution in [0.15, 0.2) is 65.8 Å². The Morgan fingerprint density at radius 3 is 2.47 bits per heavy atom. The monoisotopic (exact) mass is 472 g/mol. The second-order valence-electron chi connectivity index (χ2n) is 6.59. The van der Waals surface area contributed by atoms with Crippen LogP contribution in [-0.2, 0) is 6.61 Å². The van der Waals surface area contributed by atoms with Crippen LogP contribution in [-0.4, -0.2) is 25.8 Å². The summed E-state index contributed by atoms with van der Waals surface area (Å²) in [5.41, 5.74) is 4.51. The summed E-state index contributed by atoms with van der Waals surface area (Å²) in [6, 6.07) is 17.4. The summed E-state index contributed by atoms with van der Waals surface area (Å²) in [5.74, 6) is 1.46. The predicted molar refractivity (Wildman–Crippen MR) is 126 cm³/mol. The topological polar surface area (TPSA) is 69.2 Å². The van der Waals surface area contributed by atoms with Crippen molar-refractivity contribution in [1.29, 1.82) is 0 Å². The molecule has 0 heterocycles. The number of methoxy groups -OCH3 is 1. The molecule has 0 aliphatic carbocycles. The van der Waals surface area contributed by atoms with E-state index in [0.717, 1.165) is 11.1 Å². The first kappa shape index (κ1) is 23.4. The predicted octanol–water partition coefficient (Wildman–Crippen LogP) is 5.74. The number of benzene rings is 3. The highest BCUT2D eigenvalue weighted by Crippen LogP contribution is 2.29. The van der Waals surface area contributed by atoms with E-state index < -0.39 is 0 Å². The molecule has 0 saturated heterocycles. The Kier molecular flexibility index (Phi) is 8.36. The number of ether oxygens (including phenoxy) is 3. The van der Waals surface area contributed by atoms with Gasteiger partial charge in [-0.2, -0.15) is 5.10 Å². The van der Waals surface area contributed by atoms with E-state index in [1.807, 2.05) is 13.0 Å². The molecule has 166 valence electrons. The Bertz CT molecular complexity index is 1100. The lowest BCUT2D eigenvalue weighted by atomic mass is 10.2. The molecule has 0 bridgehead atoms. The maximum absolute atomic E-state index is 12.2. The molecule has 0 aliphatic heterocycles. The summed E-state index contributed by atoms with van der Waals surface area (Å²) in [6.45, 7) is 2.73. The fourth-order valence-electron chi connectivity index (χ4n) is 2.78. The van der Waals surface area contributed by atoms with Crippen molar-refractivity contribution in [3.05, 3.63) is 87.4 Å². The number of hydrogen-bond acceptors (Lipinski definition) is 5. The quantitative estimate of drug-likeness (QED) is 0.318. The summed E-state index contributed by atoms with van der Waals surface area (Å²) in [7, 11) is 1.55. The number of nitrogens with one attached hydrogen (secondary N) is 1. The molecule has 6 nitrogen and oxygen atoms in total. The third kappa shape index (κ3) is 6.39. The lowest BCUT2D eigenvalue weighted by molar-refractivity contribution is 0.0955. The van der Waals surface area contributed by atoms with Crippen molar-refractivity contribution in [2.45, 2.75) is 13.5 Å². The largest absolute Gasteiger partial charge is 0.494 e. The van der Waals surface area contributed by atoms with Crippen molar-refractivity contribution in [2.24, 2.45) is 5.10 Å². The van der Waals surface area contributed by atoms with Gasteiger partial charge in [0.1, 0.15) is 12.4 Å². The minimum absolute atomic E-state index is 0.262. The van der Waals surface area contributed by atoms with Crippen LogP contribution in [0.4, 0.5) is 0 Å². The van der Waals surface area contributed by atoms with E-state index >= 15 is 0 Å². The van der Waals surface area contributed by atoms with E-state index in [9.17, 15) is 4.79 Å². The average Bonchev–Trinajstić information content (AvgIpc) is 2.79. The first-order valence-electron chi connectivity index (χ1n) is 9.81. The number of halogens is 2. The first-order chi connectivity index (χ1) is 15.5. The Balaban J connectivity index is 1.60. The molecule has 3 aromatic rings. The molecule has 8 heteroatoms. The van der Waals surface area contributed by atoms with Crippen molar-refractivity contribution >= 4 is 35.3 Å². The van der Waals surface area contributed by atoms with Crippen LogP contribution in [0.5, 0.6) is 17.2 Å². The van der Waals surface area contributed by atoms with E-state index in [2.05, 4.69) is 10.5 Å². The first-order valence-corrected chi connectivity index (χ1v) is 10.6. The van der Waals surface area contributed by atoms with Gasteiger partial charge in [0.2, 0.25) is 0 Å². The van der Waals surface area contributed by atoms with Crippen molar-refractivity contribution in [3.8, 4) is 17.2 Å². The number of rotatable bonds is 9. The Morgan fingerprint density at radius 2 is 1.78 bits per heavy atom. The zero-order chi connectivity index (χ0) is 22.9. The van der Waals surface area contributed by atoms with Crippen molar-refractivity contribution in [3.63, 3.8) is 0 Å². The van der Waals surface area contributed by atoms with Crippen molar-refractivity contribution in [2.75, 3.05) is 13.7 Å². The van der Waals surface area contributed by atoms with Crippen LogP contribution in [0.3, 0.4) is 0 Å². The highest BCUT2D eigenvalue weighted by molar-refractivity contribution is 6.35. The molecule has 0 radical (unpaired) electrons. The molecular weight excluding hydrogens is 451 g/mol. The second-order valence-corrected chi connectivity index (χ2v) is 7.43. The van der Waals surface area contributed by atoms with E-state index in [1.165, 1.54) is 6.21 Å². The Hall–Kier alpha value is -3.22. The van der Waals surface area contributed by atoms with Crippen LogP contribution in [0.25, 0.3) is 0 Å². The molecule has 0 aliphatic rings. The lowest BCUT2D eigenvalue weighted by Crippen LogP contribution is -2.17. The van der Waals surface area contributed by atoms with Gasteiger partial charge >= 0.3 is 0 Å². The lowest BCUT2D eigenvalue weighted by Gasteiger charge is -2.12. The smallest absolute Gasteiger partial charge is 0.271 e. The number of carbonyl (C=O) groups excluding carboxylic acids is 1. The zero-order valence-corrected chi connectivity index (χ0v) is 19.1. The molecule has 0 unspecified atom stereocenters. The van der Waals surface area contributed by atoms with Crippen LogP contribution in [0.2, 0.25) is 10.0 Å². The molecule has 0 spiro atoms. The van der Waals surface area contributed by atoms with Gasteiger partial charge in [0.05, 0.1) is 19.9 Å². The van der Waals surface area contributed by atoms with E-state index in [-0.39, 0.29) is 12.5 Å². The van der Waals surface area contributed by atoms with Crippen LogP contribution in [0, 0.1) is 0 Å². The second kappa shape index (κ2) is 11.4. The fourth-order valence-corrected chi connectivity index (χ4v) is 3.24. The Morgan fingerprint density at radius 1 is 1.00 bits per heavy atom. The minimum Gasteiger partial charge on any atom is -0.494 e. The summed E-state index contributed by atoms with van der Waals surface area (Å²) in [5, 5.41) is 5.11. The highest BCUT2D eigenvalue weighted by atomic mass is 35.5. The molecule has 32 heavy (non-hydrogen) atoms. The molecule has 1 N–H and O–H groups in total. The SMILES string of the molecule is CCOc1ccc(C(=O)N/N=C\c2ccc(OCc3ccc(Cl)cc3Cl)c(OC)c2)cc1.